The number of fused-ring (bicyclic) bond motifs is 3. The first-order valence-electron chi connectivity index (χ1n) is 13.3. The number of aromatic nitrogens is 3. The molecule has 7 rings (SSSR count). The Labute approximate surface area is 238 Å². The number of amides is 2. The van der Waals surface area contributed by atoms with Gasteiger partial charge >= 0.3 is 6.03 Å². The molecule has 0 spiro atoms. The highest BCUT2D eigenvalue weighted by Crippen LogP contribution is 2.37. The molecular formula is C30H30ClN7O2. The van der Waals surface area contributed by atoms with Crippen LogP contribution in [0.2, 0.25) is 0 Å². The Hall–Kier alpha value is -4.21. The Kier molecular flexibility index (Phi) is 6.77. The predicted octanol–water partition coefficient (Wildman–Crippen LogP) is 5.51. The van der Waals surface area contributed by atoms with E-state index >= 15 is 0 Å². The minimum Gasteiger partial charge on any atom is -0.368 e. The number of carbonyl (C=O) groups is 1. The van der Waals surface area contributed by atoms with Gasteiger partial charge in [-0.05, 0) is 48.7 Å². The number of likely N-dealkylation sites (N-methyl/N-ethyl adjacent to an activating group) is 1. The van der Waals surface area contributed by atoms with Crippen LogP contribution in [0.1, 0.15) is 11.5 Å². The second-order valence-electron chi connectivity index (χ2n) is 10.3. The van der Waals surface area contributed by atoms with E-state index in [4.69, 9.17) is 4.52 Å². The second-order valence-corrected chi connectivity index (χ2v) is 10.3. The maximum Gasteiger partial charge on any atom is 0.326 e. The van der Waals surface area contributed by atoms with Crippen molar-refractivity contribution in [2.24, 2.45) is 0 Å². The van der Waals surface area contributed by atoms with Crippen LogP contribution in [0.3, 0.4) is 0 Å². The molecule has 0 radical (unpaired) electrons. The molecule has 2 amide bonds. The molecule has 1 N–H and O–H groups in total. The third-order valence-corrected chi connectivity index (χ3v) is 7.84. The number of aryl methyl sites for hydroxylation is 1. The molecule has 40 heavy (non-hydrogen) atoms. The number of carbonyl (C=O) groups excluding carboxylic acids is 1. The molecule has 0 bridgehead atoms. The number of rotatable bonds is 3. The summed E-state index contributed by atoms with van der Waals surface area (Å²) in [7, 11) is 2.16. The number of nitrogens with one attached hydrogen (secondary N) is 1. The summed E-state index contributed by atoms with van der Waals surface area (Å²) in [6.45, 7) is 6.41. The zero-order valence-corrected chi connectivity index (χ0v) is 23.2. The summed E-state index contributed by atoms with van der Waals surface area (Å²) in [6, 6.07) is 18.0. The zero-order chi connectivity index (χ0) is 26.5. The van der Waals surface area contributed by atoms with E-state index < -0.39 is 0 Å². The van der Waals surface area contributed by atoms with Crippen molar-refractivity contribution in [1.82, 2.24) is 20.0 Å². The van der Waals surface area contributed by atoms with Crippen molar-refractivity contribution in [3.63, 3.8) is 0 Å². The minimum absolute atomic E-state index is 0. The van der Waals surface area contributed by atoms with Crippen LogP contribution in [0.15, 0.2) is 65.3 Å². The fourth-order valence-electron chi connectivity index (χ4n) is 5.75. The van der Waals surface area contributed by atoms with Crippen molar-refractivity contribution in [3.8, 4) is 11.4 Å². The van der Waals surface area contributed by atoms with Gasteiger partial charge < -0.3 is 19.6 Å². The lowest BCUT2D eigenvalue weighted by molar-refractivity contribution is 0.257. The summed E-state index contributed by atoms with van der Waals surface area (Å²) in [6.07, 6.45) is 2.70. The average Bonchev–Trinajstić information content (AvgIpc) is 3.58. The van der Waals surface area contributed by atoms with Gasteiger partial charge in [-0.25, -0.2) is 4.79 Å². The summed E-state index contributed by atoms with van der Waals surface area (Å²) in [5.41, 5.74) is 5.86. The molecule has 0 aliphatic carbocycles. The van der Waals surface area contributed by atoms with Gasteiger partial charge in [0.15, 0.2) is 0 Å². The van der Waals surface area contributed by atoms with Gasteiger partial charge in [-0.15, -0.1) is 12.4 Å². The lowest BCUT2D eigenvalue weighted by Crippen LogP contribution is -2.44. The van der Waals surface area contributed by atoms with Gasteiger partial charge in [0.05, 0.1) is 11.2 Å². The van der Waals surface area contributed by atoms with Gasteiger partial charge in [0.25, 0.3) is 0 Å². The van der Waals surface area contributed by atoms with Crippen LogP contribution in [-0.2, 0) is 6.42 Å². The Bertz CT molecular complexity index is 1730. The van der Waals surface area contributed by atoms with E-state index in [2.05, 4.69) is 55.5 Å². The number of hydrogen-bond donors (Lipinski definition) is 1. The highest BCUT2D eigenvalue weighted by molar-refractivity contribution is 6.11. The Morgan fingerprint density at radius 3 is 2.52 bits per heavy atom. The number of anilines is 3. The first-order chi connectivity index (χ1) is 19.0. The number of halogens is 1. The molecule has 9 nitrogen and oxygen atoms in total. The lowest BCUT2D eigenvalue weighted by atomic mass is 10.0. The quantitative estimate of drug-likeness (QED) is 0.314. The molecule has 3 aromatic carbocycles. The maximum atomic E-state index is 13.7. The molecule has 5 aromatic rings. The zero-order valence-electron chi connectivity index (χ0n) is 22.4. The maximum absolute atomic E-state index is 13.7. The van der Waals surface area contributed by atoms with Crippen LogP contribution in [0.5, 0.6) is 0 Å². The molecule has 2 aliphatic heterocycles. The van der Waals surface area contributed by atoms with E-state index in [1.807, 2.05) is 47.5 Å². The monoisotopic (exact) mass is 555 g/mol. The third-order valence-electron chi connectivity index (χ3n) is 7.84. The topological polar surface area (TPSA) is 90.6 Å². The van der Waals surface area contributed by atoms with Crippen LogP contribution in [0.25, 0.3) is 33.1 Å². The molecule has 204 valence electrons. The average molecular weight is 556 g/mol. The molecule has 1 saturated heterocycles. The highest BCUT2D eigenvalue weighted by atomic mass is 35.5. The molecule has 2 aliphatic rings. The van der Waals surface area contributed by atoms with E-state index in [1.165, 1.54) is 5.69 Å². The fraction of sp³-hybridized carbons (Fsp3) is 0.267. The lowest BCUT2D eigenvalue weighted by Gasteiger charge is -2.34. The van der Waals surface area contributed by atoms with E-state index in [0.29, 0.717) is 18.3 Å². The predicted molar refractivity (Wildman–Crippen MR) is 161 cm³/mol. The summed E-state index contributed by atoms with van der Waals surface area (Å²) >= 11 is 0. The van der Waals surface area contributed by atoms with E-state index in [9.17, 15) is 4.79 Å². The molecule has 0 unspecified atom stereocenters. The van der Waals surface area contributed by atoms with Crippen molar-refractivity contribution in [3.05, 3.63) is 72.2 Å². The number of piperazine rings is 1. The van der Waals surface area contributed by atoms with Gasteiger partial charge in [0.2, 0.25) is 11.7 Å². The fourth-order valence-corrected chi connectivity index (χ4v) is 5.75. The van der Waals surface area contributed by atoms with Gasteiger partial charge in [0.1, 0.15) is 0 Å². The van der Waals surface area contributed by atoms with Crippen molar-refractivity contribution in [2.75, 3.05) is 54.9 Å². The van der Waals surface area contributed by atoms with Crippen LogP contribution in [0.4, 0.5) is 21.9 Å². The Morgan fingerprint density at radius 1 is 0.925 bits per heavy atom. The summed E-state index contributed by atoms with van der Waals surface area (Å²) < 4.78 is 5.20. The highest BCUT2D eigenvalue weighted by Gasteiger charge is 2.27. The number of benzene rings is 3. The van der Waals surface area contributed by atoms with E-state index in [-0.39, 0.29) is 18.4 Å². The largest absolute Gasteiger partial charge is 0.368 e. The van der Waals surface area contributed by atoms with Crippen molar-refractivity contribution in [2.45, 2.75) is 13.3 Å². The number of hydrogen-bond acceptors (Lipinski definition) is 7. The summed E-state index contributed by atoms with van der Waals surface area (Å²) in [5, 5.41) is 10.2. The summed E-state index contributed by atoms with van der Waals surface area (Å²) in [5.74, 6) is 1.05. The number of nitrogens with zero attached hydrogens (tertiary/aromatic N) is 6. The van der Waals surface area contributed by atoms with Crippen molar-refractivity contribution < 1.29 is 9.32 Å². The first-order valence-corrected chi connectivity index (χ1v) is 13.3. The smallest absolute Gasteiger partial charge is 0.326 e. The third kappa shape index (κ3) is 4.51. The molecule has 1 fully saturated rings. The number of pyridine rings is 1. The molecule has 10 heteroatoms. The van der Waals surface area contributed by atoms with Gasteiger partial charge in [-0.2, -0.15) is 4.98 Å². The minimum atomic E-state index is -0.147. The van der Waals surface area contributed by atoms with Crippen molar-refractivity contribution in [1.29, 1.82) is 0 Å². The van der Waals surface area contributed by atoms with Crippen LogP contribution >= 0.6 is 12.4 Å². The van der Waals surface area contributed by atoms with E-state index in [1.54, 1.807) is 6.92 Å². The molecule has 0 atom stereocenters. The molecule has 4 heterocycles. The Morgan fingerprint density at radius 2 is 1.73 bits per heavy atom. The van der Waals surface area contributed by atoms with Crippen molar-refractivity contribution >= 4 is 57.2 Å². The van der Waals surface area contributed by atoms with Gasteiger partial charge in [0, 0.05) is 73.6 Å². The Balaban J connectivity index is 0.00000289. The SMILES string of the molecule is Cc1nc(-c2cccc3c(NC(=O)N4CCc5cc6nccc(N7CCN(C)CC7)c6cc54)cccc23)no1.Cl. The second kappa shape index (κ2) is 10.4. The normalized spacial score (nSPS) is 15.3. The standard InChI is InChI=1S/C30H29N7O2.ClH/c1-19-32-29(34-39-19)23-7-3-6-22-21(23)5-4-8-25(22)33-30(38)37-12-10-20-17-26-24(18-28(20)37)27(9-11-31-26)36-15-13-35(2)14-16-36;/h3-9,11,17-18H,10,12-16H2,1-2H3,(H,33,38);1H. The van der Waals surface area contributed by atoms with Crippen LogP contribution in [-0.4, -0.2) is 65.8 Å². The van der Waals surface area contributed by atoms with Crippen LogP contribution in [0, 0.1) is 6.92 Å². The van der Waals surface area contributed by atoms with Gasteiger partial charge in [-0.1, -0.05) is 35.5 Å². The van der Waals surface area contributed by atoms with E-state index in [0.717, 1.165) is 76.8 Å². The molecule has 0 saturated carbocycles. The molecular weight excluding hydrogens is 526 g/mol. The summed E-state index contributed by atoms with van der Waals surface area (Å²) in [4.78, 5) is 29.4. The molecule has 2 aromatic heterocycles. The van der Waals surface area contributed by atoms with Gasteiger partial charge in [-0.3, -0.25) is 9.88 Å². The first kappa shape index (κ1) is 26.0. The number of urea groups is 1. The van der Waals surface area contributed by atoms with Crippen LogP contribution < -0.4 is 15.1 Å².